The van der Waals surface area contributed by atoms with Gasteiger partial charge in [-0.05, 0) is 25.2 Å². The average Bonchev–Trinajstić information content (AvgIpc) is 2.47. The number of aromatic nitrogens is 3. The molecule has 1 atom stereocenters. The number of nitrogen functional groups attached to an aromatic ring is 1. The molecule has 2 fully saturated rings. The third kappa shape index (κ3) is 3.59. The Hall–Kier alpha value is -1.18. The van der Waals surface area contributed by atoms with E-state index in [0.29, 0.717) is 11.9 Å². The Morgan fingerprint density at radius 3 is 2.55 bits per heavy atom. The smallest absolute Gasteiger partial charge is 0.247 e. The molecule has 1 saturated carbocycles. The highest BCUT2D eigenvalue weighted by Gasteiger charge is 2.26. The molecule has 1 saturated heterocycles. The van der Waals surface area contributed by atoms with E-state index in [9.17, 15) is 5.11 Å². The van der Waals surface area contributed by atoms with E-state index in [1.165, 1.54) is 19.3 Å². The van der Waals surface area contributed by atoms with Gasteiger partial charge in [-0.3, -0.25) is 4.90 Å². The van der Waals surface area contributed by atoms with E-state index in [-0.39, 0.29) is 17.1 Å². The third-order valence-electron chi connectivity index (χ3n) is 4.75. The van der Waals surface area contributed by atoms with Crippen molar-refractivity contribution in [2.75, 3.05) is 43.4 Å². The van der Waals surface area contributed by atoms with Crippen molar-refractivity contribution in [3.63, 3.8) is 0 Å². The maximum absolute atomic E-state index is 10.1. The van der Waals surface area contributed by atoms with Crippen molar-refractivity contribution in [2.45, 2.75) is 31.8 Å². The van der Waals surface area contributed by atoms with Crippen molar-refractivity contribution in [3.05, 3.63) is 5.15 Å². The quantitative estimate of drug-likeness (QED) is 0.826. The summed E-state index contributed by atoms with van der Waals surface area (Å²) >= 11 is 5.74. The van der Waals surface area contributed by atoms with Gasteiger partial charge in [0.1, 0.15) is 0 Å². The van der Waals surface area contributed by atoms with Crippen LogP contribution in [0.15, 0.2) is 0 Å². The van der Waals surface area contributed by atoms with Crippen molar-refractivity contribution in [1.82, 2.24) is 20.1 Å². The van der Waals surface area contributed by atoms with Crippen LogP contribution < -0.4 is 10.6 Å². The molecule has 2 aliphatic rings. The lowest BCUT2D eigenvalue weighted by molar-refractivity contribution is 0.0459. The van der Waals surface area contributed by atoms with Crippen LogP contribution in [-0.4, -0.2) is 64.0 Å². The number of piperazine rings is 1. The molecule has 0 radical (unpaired) electrons. The minimum Gasteiger partial charge on any atom is -0.393 e. The van der Waals surface area contributed by atoms with Gasteiger partial charge in [0.25, 0.3) is 0 Å². The van der Waals surface area contributed by atoms with E-state index in [4.69, 9.17) is 17.3 Å². The summed E-state index contributed by atoms with van der Waals surface area (Å²) in [7, 11) is 0. The summed E-state index contributed by atoms with van der Waals surface area (Å²) in [4.78, 5) is 8.63. The molecule has 3 rings (SSSR count). The number of nitrogens with two attached hydrogens (primary N) is 1. The van der Waals surface area contributed by atoms with Gasteiger partial charge in [-0.15, -0.1) is 10.2 Å². The second-order valence-electron chi connectivity index (χ2n) is 6.16. The van der Waals surface area contributed by atoms with Crippen LogP contribution in [0.2, 0.25) is 5.15 Å². The van der Waals surface area contributed by atoms with Crippen molar-refractivity contribution in [3.8, 4) is 0 Å². The molecule has 3 N–H and O–H groups in total. The van der Waals surface area contributed by atoms with Crippen LogP contribution in [0, 0.1) is 5.92 Å². The van der Waals surface area contributed by atoms with Crippen molar-refractivity contribution in [2.24, 2.45) is 5.92 Å². The summed E-state index contributed by atoms with van der Waals surface area (Å²) in [5.74, 6) is 1.30. The van der Waals surface area contributed by atoms with E-state index >= 15 is 0 Å². The molecule has 7 nitrogen and oxygen atoms in total. The summed E-state index contributed by atoms with van der Waals surface area (Å²) < 4.78 is 0. The molecular formula is C14H23ClN6O. The highest BCUT2D eigenvalue weighted by molar-refractivity contribution is 6.31. The van der Waals surface area contributed by atoms with Crippen molar-refractivity contribution >= 4 is 23.4 Å². The first-order valence-electron chi connectivity index (χ1n) is 7.94. The lowest BCUT2D eigenvalue weighted by Gasteiger charge is -2.36. The lowest BCUT2D eigenvalue weighted by atomic mass is 9.80. The predicted octanol–water partition coefficient (Wildman–Crippen LogP) is 0.780. The number of anilines is 2. The fraction of sp³-hybridized carbons (Fsp3) is 0.786. The highest BCUT2D eigenvalue weighted by atomic mass is 35.5. The molecule has 122 valence electrons. The summed E-state index contributed by atoms with van der Waals surface area (Å²) in [5.41, 5.74) is 5.67. The molecule has 0 aromatic carbocycles. The zero-order valence-corrected chi connectivity index (χ0v) is 13.4. The maximum Gasteiger partial charge on any atom is 0.247 e. The van der Waals surface area contributed by atoms with Crippen LogP contribution >= 0.6 is 11.6 Å². The van der Waals surface area contributed by atoms with E-state index in [1.54, 1.807) is 0 Å². The number of hydrogen-bond donors (Lipinski definition) is 2. The first kappa shape index (κ1) is 15.7. The third-order valence-corrected chi connectivity index (χ3v) is 5.02. The van der Waals surface area contributed by atoms with Crippen LogP contribution in [0.3, 0.4) is 0 Å². The number of nitrogens with zero attached hydrogens (tertiary/aromatic N) is 5. The number of halogens is 1. The van der Waals surface area contributed by atoms with Gasteiger partial charge in [-0.2, -0.15) is 4.98 Å². The molecular weight excluding hydrogens is 304 g/mol. The van der Waals surface area contributed by atoms with E-state index in [2.05, 4.69) is 25.0 Å². The van der Waals surface area contributed by atoms with E-state index < -0.39 is 0 Å². The fourth-order valence-corrected chi connectivity index (χ4v) is 3.08. The van der Waals surface area contributed by atoms with Crippen LogP contribution in [0.25, 0.3) is 0 Å². The average molecular weight is 327 g/mol. The van der Waals surface area contributed by atoms with Crippen LogP contribution in [0.5, 0.6) is 0 Å². The zero-order chi connectivity index (χ0) is 15.5. The van der Waals surface area contributed by atoms with Gasteiger partial charge < -0.3 is 15.7 Å². The lowest BCUT2D eigenvalue weighted by Crippen LogP contribution is -2.48. The first-order valence-corrected chi connectivity index (χ1v) is 8.32. The van der Waals surface area contributed by atoms with Gasteiger partial charge in [-0.1, -0.05) is 18.0 Å². The summed E-state index contributed by atoms with van der Waals surface area (Å²) in [6, 6.07) is 0. The number of hydrogen-bond acceptors (Lipinski definition) is 7. The van der Waals surface area contributed by atoms with Crippen molar-refractivity contribution in [1.29, 1.82) is 0 Å². The molecule has 22 heavy (non-hydrogen) atoms. The Balaban J connectivity index is 1.44. The summed E-state index contributed by atoms with van der Waals surface area (Å²) in [6.45, 7) is 4.49. The molecule has 1 aromatic heterocycles. The van der Waals surface area contributed by atoms with Gasteiger partial charge in [0.05, 0.1) is 6.10 Å². The number of rotatable bonds is 5. The van der Waals surface area contributed by atoms with Gasteiger partial charge in [0.2, 0.25) is 5.95 Å². The Labute approximate surface area is 135 Å². The number of aliphatic hydroxyl groups excluding tert-OH is 1. The summed E-state index contributed by atoms with van der Waals surface area (Å²) in [5, 5.41) is 18.0. The highest BCUT2D eigenvalue weighted by Crippen LogP contribution is 2.30. The second kappa shape index (κ2) is 6.93. The summed E-state index contributed by atoms with van der Waals surface area (Å²) in [6.07, 6.45) is 4.40. The maximum atomic E-state index is 10.1. The first-order chi connectivity index (χ1) is 10.6. The predicted molar refractivity (Wildman–Crippen MR) is 85.9 cm³/mol. The van der Waals surface area contributed by atoms with Crippen LogP contribution in [-0.2, 0) is 0 Å². The molecule has 0 amide bonds. The Morgan fingerprint density at radius 1 is 1.23 bits per heavy atom. The second-order valence-corrected chi connectivity index (χ2v) is 6.52. The standard InChI is InChI=1S/C14H23ClN6O/c15-12-13(16)17-14(19-18-12)21-8-6-20(7-9-21)5-4-11(22)10-2-1-3-10/h10-11,22H,1-9H2,(H2,16,17,19). The van der Waals surface area contributed by atoms with Crippen LogP contribution in [0.4, 0.5) is 11.8 Å². The zero-order valence-electron chi connectivity index (χ0n) is 12.7. The Bertz CT molecular complexity index is 504. The minimum atomic E-state index is -0.129. The van der Waals surface area contributed by atoms with E-state index in [0.717, 1.165) is 39.1 Å². The monoisotopic (exact) mass is 326 g/mol. The molecule has 1 aromatic rings. The molecule has 1 aliphatic carbocycles. The van der Waals surface area contributed by atoms with Crippen LogP contribution in [0.1, 0.15) is 25.7 Å². The molecule has 8 heteroatoms. The fourth-order valence-electron chi connectivity index (χ4n) is 3.00. The molecule has 0 spiro atoms. The topological polar surface area (TPSA) is 91.4 Å². The van der Waals surface area contributed by atoms with Gasteiger partial charge >= 0.3 is 0 Å². The van der Waals surface area contributed by atoms with Crippen molar-refractivity contribution < 1.29 is 5.11 Å². The molecule has 0 bridgehead atoms. The minimum absolute atomic E-state index is 0.129. The number of aliphatic hydroxyl groups is 1. The Kier molecular flexibility index (Phi) is 4.95. The normalized spacial score (nSPS) is 21.6. The largest absolute Gasteiger partial charge is 0.393 e. The van der Waals surface area contributed by atoms with Gasteiger partial charge in [-0.25, -0.2) is 0 Å². The molecule has 1 unspecified atom stereocenters. The molecule has 2 heterocycles. The van der Waals surface area contributed by atoms with Gasteiger partial charge in [0, 0.05) is 32.7 Å². The van der Waals surface area contributed by atoms with E-state index in [1.807, 2.05) is 0 Å². The van der Waals surface area contributed by atoms with Gasteiger partial charge in [0.15, 0.2) is 11.0 Å². The molecule has 1 aliphatic heterocycles. The SMILES string of the molecule is Nc1nc(N2CCN(CCC(O)C3CCC3)CC2)nnc1Cl. The Morgan fingerprint density at radius 2 is 1.95 bits per heavy atom.